The molecule has 0 saturated heterocycles. The zero-order chi connectivity index (χ0) is 15.9. The summed E-state index contributed by atoms with van der Waals surface area (Å²) in [5, 5.41) is 0.345. The number of benzene rings is 2. The predicted molar refractivity (Wildman–Crippen MR) is 91.6 cm³/mol. The summed E-state index contributed by atoms with van der Waals surface area (Å²) in [5.41, 5.74) is 6.49. The lowest BCUT2D eigenvalue weighted by Crippen LogP contribution is -1.97. The van der Waals surface area contributed by atoms with Crippen molar-refractivity contribution in [2.75, 3.05) is 0 Å². The monoisotopic (exact) mass is 309 g/mol. The molecule has 22 heavy (non-hydrogen) atoms. The smallest absolute Gasteiger partial charge is 0.253 e. The first-order chi connectivity index (χ1) is 10.5. The first-order valence-corrected chi connectivity index (χ1v) is 7.52. The van der Waals surface area contributed by atoms with Gasteiger partial charge in [0.25, 0.3) is 5.24 Å². The van der Waals surface area contributed by atoms with Crippen LogP contribution in [0.5, 0.6) is 0 Å². The van der Waals surface area contributed by atoms with E-state index in [1.165, 1.54) is 5.56 Å². The van der Waals surface area contributed by atoms with Gasteiger partial charge in [-0.2, -0.15) is 0 Å². The quantitative estimate of drug-likeness (QED) is 0.608. The van der Waals surface area contributed by atoms with Crippen LogP contribution in [0.25, 0.3) is 22.2 Å². The van der Waals surface area contributed by atoms with Crippen molar-refractivity contribution >= 4 is 27.7 Å². The normalized spacial score (nSPS) is 10.9. The molecular weight excluding hydrogens is 294 g/mol. The molecule has 3 heteroatoms. The number of rotatable bonds is 2. The van der Waals surface area contributed by atoms with Gasteiger partial charge in [0.15, 0.2) is 0 Å². The number of halogens is 1. The molecule has 0 aliphatic heterocycles. The van der Waals surface area contributed by atoms with E-state index in [-0.39, 0.29) is 0 Å². The highest BCUT2D eigenvalue weighted by molar-refractivity contribution is 6.68. The third kappa shape index (κ3) is 2.62. The van der Waals surface area contributed by atoms with Crippen molar-refractivity contribution in [2.24, 2.45) is 0 Å². The number of aromatic nitrogens is 1. The molecule has 1 heterocycles. The number of carbonyl (C=O) groups excluding carboxylic acids is 1. The number of fused-ring (bicyclic) bond motifs is 1. The SMILES string of the molecule is Cc1ccc(-c2cc(C(=O)Cl)c3cc(C)ccc3n2)c(C)c1. The lowest BCUT2D eigenvalue weighted by Gasteiger charge is -2.10. The first kappa shape index (κ1) is 14.7. The molecule has 0 aliphatic carbocycles. The highest BCUT2D eigenvalue weighted by Crippen LogP contribution is 2.28. The molecule has 2 nitrogen and oxygen atoms in total. The molecule has 110 valence electrons. The predicted octanol–water partition coefficient (Wildman–Crippen LogP) is 5.21. The van der Waals surface area contributed by atoms with Gasteiger partial charge in [0, 0.05) is 16.5 Å². The van der Waals surface area contributed by atoms with Crippen LogP contribution in [0.1, 0.15) is 27.0 Å². The fourth-order valence-electron chi connectivity index (χ4n) is 2.74. The molecule has 3 aromatic rings. The van der Waals surface area contributed by atoms with E-state index in [0.717, 1.165) is 33.3 Å². The fourth-order valence-corrected chi connectivity index (χ4v) is 2.90. The summed E-state index contributed by atoms with van der Waals surface area (Å²) in [4.78, 5) is 16.5. The minimum Gasteiger partial charge on any atom is -0.276 e. The van der Waals surface area contributed by atoms with Crippen LogP contribution in [0.2, 0.25) is 0 Å². The van der Waals surface area contributed by atoms with Crippen molar-refractivity contribution in [1.82, 2.24) is 4.98 Å². The minimum atomic E-state index is -0.455. The number of hydrogen-bond donors (Lipinski definition) is 0. The second-order valence-electron chi connectivity index (χ2n) is 5.67. The van der Waals surface area contributed by atoms with E-state index in [4.69, 9.17) is 16.6 Å². The first-order valence-electron chi connectivity index (χ1n) is 7.14. The van der Waals surface area contributed by atoms with E-state index in [1.54, 1.807) is 6.07 Å². The Balaban J connectivity index is 2.32. The van der Waals surface area contributed by atoms with Crippen LogP contribution < -0.4 is 0 Å². The molecular formula is C19H16ClNO. The molecule has 1 aromatic heterocycles. The van der Waals surface area contributed by atoms with Crippen LogP contribution in [0.4, 0.5) is 0 Å². The highest BCUT2D eigenvalue weighted by atomic mass is 35.5. The molecule has 0 atom stereocenters. The third-order valence-corrected chi connectivity index (χ3v) is 4.04. The van der Waals surface area contributed by atoms with Crippen molar-refractivity contribution < 1.29 is 4.79 Å². The molecule has 0 saturated carbocycles. The molecule has 2 aromatic carbocycles. The fraction of sp³-hybridized carbons (Fsp3) is 0.158. The zero-order valence-corrected chi connectivity index (χ0v) is 13.5. The number of hydrogen-bond acceptors (Lipinski definition) is 2. The van der Waals surface area contributed by atoms with Crippen molar-refractivity contribution in [3.05, 3.63) is 64.7 Å². The zero-order valence-electron chi connectivity index (χ0n) is 12.8. The van der Waals surface area contributed by atoms with Gasteiger partial charge in [-0.15, -0.1) is 0 Å². The Labute approximate surface area is 134 Å². The summed E-state index contributed by atoms with van der Waals surface area (Å²) in [6.07, 6.45) is 0. The second kappa shape index (κ2) is 5.54. The van der Waals surface area contributed by atoms with Crippen LogP contribution in [0.3, 0.4) is 0 Å². The minimum absolute atomic E-state index is 0.455. The average molecular weight is 310 g/mol. The van der Waals surface area contributed by atoms with E-state index < -0.39 is 5.24 Å². The lowest BCUT2D eigenvalue weighted by atomic mass is 9.99. The Bertz CT molecular complexity index is 899. The van der Waals surface area contributed by atoms with Gasteiger partial charge in [-0.25, -0.2) is 4.98 Å². The topological polar surface area (TPSA) is 30.0 Å². The van der Waals surface area contributed by atoms with Gasteiger partial charge in [0.1, 0.15) is 0 Å². The highest BCUT2D eigenvalue weighted by Gasteiger charge is 2.13. The number of nitrogens with zero attached hydrogens (tertiary/aromatic N) is 1. The molecule has 0 spiro atoms. The molecule has 0 fully saturated rings. The maximum atomic E-state index is 11.8. The molecule has 3 rings (SSSR count). The van der Waals surface area contributed by atoms with Crippen molar-refractivity contribution in [3.8, 4) is 11.3 Å². The Morgan fingerprint density at radius 3 is 2.32 bits per heavy atom. The third-order valence-electron chi connectivity index (χ3n) is 3.83. The van der Waals surface area contributed by atoms with Crippen molar-refractivity contribution in [3.63, 3.8) is 0 Å². The Hall–Kier alpha value is -2.19. The second-order valence-corrected chi connectivity index (χ2v) is 6.01. The van der Waals surface area contributed by atoms with E-state index in [2.05, 4.69) is 13.0 Å². The van der Waals surface area contributed by atoms with E-state index in [9.17, 15) is 4.79 Å². The summed E-state index contributed by atoms with van der Waals surface area (Å²) in [7, 11) is 0. The Morgan fingerprint density at radius 2 is 1.64 bits per heavy atom. The van der Waals surface area contributed by atoms with Gasteiger partial charge in [-0.3, -0.25) is 4.79 Å². The molecule has 0 unspecified atom stereocenters. The van der Waals surface area contributed by atoms with Gasteiger partial charge in [0.05, 0.1) is 11.2 Å². The summed E-state index contributed by atoms with van der Waals surface area (Å²) in [6, 6.07) is 13.8. The summed E-state index contributed by atoms with van der Waals surface area (Å²) >= 11 is 5.79. The van der Waals surface area contributed by atoms with Crippen molar-refractivity contribution in [2.45, 2.75) is 20.8 Å². The number of aryl methyl sites for hydroxylation is 3. The molecule has 0 bridgehead atoms. The maximum absolute atomic E-state index is 11.8. The summed E-state index contributed by atoms with van der Waals surface area (Å²) in [6.45, 7) is 6.09. The van der Waals surface area contributed by atoms with Crippen LogP contribution >= 0.6 is 11.6 Å². The van der Waals surface area contributed by atoms with Crippen LogP contribution in [0.15, 0.2) is 42.5 Å². The number of carbonyl (C=O) groups is 1. The van der Waals surface area contributed by atoms with E-state index >= 15 is 0 Å². The van der Waals surface area contributed by atoms with E-state index in [1.807, 2.05) is 44.2 Å². The average Bonchev–Trinajstić information content (AvgIpc) is 2.46. The van der Waals surface area contributed by atoms with Crippen LogP contribution in [0, 0.1) is 20.8 Å². The Morgan fingerprint density at radius 1 is 0.955 bits per heavy atom. The standard InChI is InChI=1S/C19H16ClNO/c1-11-4-6-14(13(3)8-11)18-10-16(19(20)22)15-9-12(2)5-7-17(15)21-18/h4-10H,1-3H3. The molecule has 0 aliphatic rings. The van der Waals surface area contributed by atoms with Gasteiger partial charge < -0.3 is 0 Å². The van der Waals surface area contributed by atoms with Gasteiger partial charge >= 0.3 is 0 Å². The maximum Gasteiger partial charge on any atom is 0.253 e. The van der Waals surface area contributed by atoms with Crippen LogP contribution in [-0.4, -0.2) is 10.2 Å². The van der Waals surface area contributed by atoms with Crippen LogP contribution in [-0.2, 0) is 0 Å². The van der Waals surface area contributed by atoms with E-state index in [0.29, 0.717) is 5.56 Å². The molecule has 0 N–H and O–H groups in total. The Kier molecular flexibility index (Phi) is 3.71. The van der Waals surface area contributed by atoms with Gasteiger partial charge in [-0.05, 0) is 56.1 Å². The van der Waals surface area contributed by atoms with Gasteiger partial charge in [-0.1, -0.05) is 35.4 Å². The molecule has 0 radical (unpaired) electrons. The number of pyridine rings is 1. The van der Waals surface area contributed by atoms with Gasteiger partial charge in [0.2, 0.25) is 0 Å². The summed E-state index contributed by atoms with van der Waals surface area (Å²) < 4.78 is 0. The summed E-state index contributed by atoms with van der Waals surface area (Å²) in [5.74, 6) is 0. The lowest BCUT2D eigenvalue weighted by molar-refractivity contribution is 0.108. The largest absolute Gasteiger partial charge is 0.276 e. The molecule has 0 amide bonds. The van der Waals surface area contributed by atoms with Crippen molar-refractivity contribution in [1.29, 1.82) is 0 Å².